The molecule has 1 fully saturated rings. The predicted molar refractivity (Wildman–Crippen MR) is 92.0 cm³/mol. The molecule has 0 amide bonds. The molecule has 1 N–H and O–H groups in total. The van der Waals surface area contributed by atoms with Gasteiger partial charge >= 0.3 is 0 Å². The van der Waals surface area contributed by atoms with E-state index in [0.717, 1.165) is 43.8 Å². The smallest absolute Gasteiger partial charge is 0.254 e. The summed E-state index contributed by atoms with van der Waals surface area (Å²) in [6, 6.07) is 2.36. The number of rotatable bonds is 7. The molecule has 2 unspecified atom stereocenters. The highest BCUT2D eigenvalue weighted by Gasteiger charge is 2.28. The van der Waals surface area contributed by atoms with E-state index in [4.69, 9.17) is 9.47 Å². The van der Waals surface area contributed by atoms with Crippen LogP contribution in [0, 0.1) is 5.92 Å². The molecular weight excluding hydrogens is 306 g/mol. The van der Waals surface area contributed by atoms with E-state index in [1.165, 1.54) is 6.33 Å². The lowest BCUT2D eigenvalue weighted by Crippen LogP contribution is -2.38. The van der Waals surface area contributed by atoms with Gasteiger partial charge in [-0.1, -0.05) is 26.7 Å². The summed E-state index contributed by atoms with van der Waals surface area (Å²) in [6.07, 6.45) is 6.20. The Hall–Kier alpha value is -1.73. The van der Waals surface area contributed by atoms with Crippen molar-refractivity contribution in [1.29, 1.82) is 0 Å². The molecule has 1 saturated heterocycles. The largest absolute Gasteiger partial charge is 0.378 e. The molecule has 2 atom stereocenters. The molecule has 0 radical (unpaired) electrons. The number of fused-ring (bicyclic) bond motifs is 1. The van der Waals surface area contributed by atoms with Crippen LogP contribution in [0.3, 0.4) is 0 Å². The van der Waals surface area contributed by atoms with Gasteiger partial charge in [-0.25, -0.2) is 4.98 Å². The van der Waals surface area contributed by atoms with E-state index >= 15 is 0 Å². The van der Waals surface area contributed by atoms with Crippen molar-refractivity contribution >= 4 is 11.6 Å². The number of hydrogen-bond donors (Lipinski definition) is 1. The highest BCUT2D eigenvalue weighted by molar-refractivity contribution is 5.45. The first kappa shape index (κ1) is 17.1. The van der Waals surface area contributed by atoms with Crippen LogP contribution in [0.5, 0.6) is 0 Å². The monoisotopic (exact) mass is 333 g/mol. The zero-order chi connectivity index (χ0) is 16.9. The van der Waals surface area contributed by atoms with Gasteiger partial charge in [0.25, 0.3) is 5.78 Å². The van der Waals surface area contributed by atoms with Crippen LogP contribution in [0.15, 0.2) is 12.4 Å². The number of hydrogen-bond acceptors (Lipinski definition) is 6. The van der Waals surface area contributed by atoms with Crippen LogP contribution < -0.4 is 5.32 Å². The van der Waals surface area contributed by atoms with E-state index < -0.39 is 0 Å². The van der Waals surface area contributed by atoms with Gasteiger partial charge in [0, 0.05) is 25.8 Å². The quantitative estimate of drug-likeness (QED) is 0.840. The zero-order valence-corrected chi connectivity index (χ0v) is 14.7. The second-order valence-electron chi connectivity index (χ2n) is 6.39. The number of nitrogens with zero attached hydrogens (tertiary/aromatic N) is 4. The van der Waals surface area contributed by atoms with Gasteiger partial charge in [-0.2, -0.15) is 14.6 Å². The normalized spacial score (nSPS) is 21.5. The summed E-state index contributed by atoms with van der Waals surface area (Å²) < 4.78 is 13.0. The summed E-state index contributed by atoms with van der Waals surface area (Å²) >= 11 is 0. The highest BCUT2D eigenvalue weighted by atomic mass is 16.5. The van der Waals surface area contributed by atoms with Crippen molar-refractivity contribution in [2.75, 3.05) is 19.0 Å². The third kappa shape index (κ3) is 3.67. The first-order chi connectivity index (χ1) is 11.7. The minimum atomic E-state index is 0.331. The lowest BCUT2D eigenvalue weighted by atomic mass is 9.89. The van der Waals surface area contributed by atoms with Gasteiger partial charge in [-0.3, -0.25) is 0 Å². The summed E-state index contributed by atoms with van der Waals surface area (Å²) in [5.74, 6) is 2.14. The lowest BCUT2D eigenvalue weighted by Gasteiger charge is -2.34. The lowest BCUT2D eigenvalue weighted by molar-refractivity contribution is -0.0271. The third-order valence-corrected chi connectivity index (χ3v) is 4.84. The standard InChI is InChI=1S/C17H27N5O2/c1-4-12(5-2)15-8-13(6-7-24-15)20-16-9-14(10-23-3)21-17-18-11-19-22(16)17/h9,11-13,15,20H,4-8,10H2,1-3H3. The first-order valence-electron chi connectivity index (χ1n) is 8.81. The molecule has 3 heterocycles. The van der Waals surface area contributed by atoms with Gasteiger partial charge in [-0.05, 0) is 18.8 Å². The van der Waals surface area contributed by atoms with Crippen LogP contribution in [0.25, 0.3) is 5.78 Å². The maximum atomic E-state index is 6.02. The molecule has 0 saturated carbocycles. The van der Waals surface area contributed by atoms with E-state index in [2.05, 4.69) is 34.2 Å². The molecule has 7 heteroatoms. The fourth-order valence-corrected chi connectivity index (χ4v) is 3.50. The second-order valence-corrected chi connectivity index (χ2v) is 6.39. The van der Waals surface area contributed by atoms with Crippen molar-refractivity contribution in [3.8, 4) is 0 Å². The molecule has 7 nitrogen and oxygen atoms in total. The van der Waals surface area contributed by atoms with Crippen molar-refractivity contribution in [3.05, 3.63) is 18.1 Å². The van der Waals surface area contributed by atoms with Crippen LogP contribution >= 0.6 is 0 Å². The number of methoxy groups -OCH3 is 1. The van der Waals surface area contributed by atoms with Gasteiger partial charge in [0.1, 0.15) is 12.1 Å². The van der Waals surface area contributed by atoms with Crippen LogP contribution in [-0.4, -0.2) is 45.4 Å². The Bertz CT molecular complexity index is 655. The highest BCUT2D eigenvalue weighted by Crippen LogP contribution is 2.27. The Morgan fingerprint density at radius 2 is 2.25 bits per heavy atom. The number of nitrogens with one attached hydrogen (secondary N) is 1. The Labute approximate surface area is 142 Å². The number of aromatic nitrogens is 4. The van der Waals surface area contributed by atoms with Gasteiger partial charge in [0.15, 0.2) is 0 Å². The van der Waals surface area contributed by atoms with Crippen LogP contribution in [0.4, 0.5) is 5.82 Å². The van der Waals surface area contributed by atoms with Gasteiger partial charge in [0.05, 0.1) is 18.4 Å². The third-order valence-electron chi connectivity index (χ3n) is 4.84. The zero-order valence-electron chi connectivity index (χ0n) is 14.7. The molecule has 132 valence electrons. The van der Waals surface area contributed by atoms with Crippen molar-refractivity contribution in [2.45, 2.75) is 58.3 Å². The topological polar surface area (TPSA) is 73.6 Å². The number of anilines is 1. The summed E-state index contributed by atoms with van der Waals surface area (Å²) in [7, 11) is 1.67. The van der Waals surface area contributed by atoms with Gasteiger partial charge in [-0.15, -0.1) is 0 Å². The Morgan fingerprint density at radius 3 is 3.00 bits per heavy atom. The van der Waals surface area contributed by atoms with E-state index in [1.54, 1.807) is 11.6 Å². The summed E-state index contributed by atoms with van der Waals surface area (Å²) in [6.45, 7) is 5.75. The van der Waals surface area contributed by atoms with E-state index in [-0.39, 0.29) is 0 Å². The molecule has 2 aromatic rings. The molecule has 0 spiro atoms. The maximum Gasteiger partial charge on any atom is 0.254 e. The molecule has 2 aromatic heterocycles. The van der Waals surface area contributed by atoms with Crippen LogP contribution in [-0.2, 0) is 16.1 Å². The van der Waals surface area contributed by atoms with Gasteiger partial charge in [0.2, 0.25) is 0 Å². The fourth-order valence-electron chi connectivity index (χ4n) is 3.50. The molecule has 1 aliphatic rings. The maximum absolute atomic E-state index is 6.02. The number of ether oxygens (including phenoxy) is 2. The minimum Gasteiger partial charge on any atom is -0.378 e. The minimum absolute atomic E-state index is 0.331. The van der Waals surface area contributed by atoms with Crippen molar-refractivity contribution in [1.82, 2.24) is 19.6 Å². The van der Waals surface area contributed by atoms with Gasteiger partial charge < -0.3 is 14.8 Å². The SMILES string of the molecule is CCC(CC)C1CC(Nc2cc(COC)nc3ncnn23)CCO1. The van der Waals surface area contributed by atoms with Crippen LogP contribution in [0.1, 0.15) is 45.2 Å². The Kier molecular flexibility index (Phi) is 5.63. The molecule has 3 rings (SSSR count). The Morgan fingerprint density at radius 1 is 1.42 bits per heavy atom. The second kappa shape index (κ2) is 7.90. The van der Waals surface area contributed by atoms with E-state index in [1.807, 2.05) is 6.07 Å². The Balaban J connectivity index is 1.77. The van der Waals surface area contributed by atoms with E-state index in [9.17, 15) is 0 Å². The average Bonchev–Trinajstić information content (AvgIpc) is 3.05. The molecular formula is C17H27N5O2. The molecule has 1 aliphatic heterocycles. The predicted octanol–water partition coefficient (Wildman–Crippen LogP) is 2.67. The average molecular weight is 333 g/mol. The summed E-state index contributed by atoms with van der Waals surface area (Å²) in [5, 5.41) is 7.91. The molecule has 0 aromatic carbocycles. The summed E-state index contributed by atoms with van der Waals surface area (Å²) in [5.41, 5.74) is 0.851. The van der Waals surface area contributed by atoms with Crippen molar-refractivity contribution in [3.63, 3.8) is 0 Å². The van der Waals surface area contributed by atoms with Crippen LogP contribution in [0.2, 0.25) is 0 Å². The molecule has 0 aliphatic carbocycles. The first-order valence-corrected chi connectivity index (χ1v) is 8.81. The van der Waals surface area contributed by atoms with E-state index in [0.29, 0.717) is 30.4 Å². The van der Waals surface area contributed by atoms with Crippen molar-refractivity contribution < 1.29 is 9.47 Å². The molecule has 0 bridgehead atoms. The van der Waals surface area contributed by atoms with Crippen molar-refractivity contribution in [2.24, 2.45) is 5.92 Å². The summed E-state index contributed by atoms with van der Waals surface area (Å²) in [4.78, 5) is 8.65. The fraction of sp³-hybridized carbons (Fsp3) is 0.706. The molecule has 24 heavy (non-hydrogen) atoms.